The van der Waals surface area contributed by atoms with Gasteiger partial charge in [0.2, 0.25) is 12.4 Å². The van der Waals surface area contributed by atoms with E-state index in [2.05, 4.69) is 34.7 Å². The van der Waals surface area contributed by atoms with Gasteiger partial charge in [-0.1, -0.05) is 44.2 Å². The number of halogens is 3. The van der Waals surface area contributed by atoms with Crippen LogP contribution in [-0.4, -0.2) is 33.4 Å². The minimum absolute atomic E-state index is 0.0751. The number of alkyl halides is 3. The Morgan fingerprint density at radius 1 is 1.24 bits per heavy atom. The van der Waals surface area contributed by atoms with Crippen molar-refractivity contribution >= 4 is 18.3 Å². The highest BCUT2D eigenvalue weighted by atomic mass is 19.4. The minimum atomic E-state index is -4.65. The summed E-state index contributed by atoms with van der Waals surface area (Å²) in [5.74, 6) is -1.25. The Hall–Kier alpha value is -3.21. The first-order valence-electron chi connectivity index (χ1n) is 11.0. The molecule has 2 N–H and O–H groups in total. The molecule has 1 aromatic carbocycles. The number of hydrazine groups is 1. The molecule has 8 nitrogen and oxygen atoms in total. The largest absolute Gasteiger partial charge is 0.433 e. The van der Waals surface area contributed by atoms with E-state index < -0.39 is 29.8 Å². The van der Waals surface area contributed by atoms with E-state index in [1.807, 2.05) is 30.3 Å². The SMILES string of the molecule is CC1(C)CCC(C(C(=O)NNc2nccc(C(F)(F)F)n2)N(C=O)OCc2ccccc2)CC1. The fourth-order valence-electron chi connectivity index (χ4n) is 3.94. The van der Waals surface area contributed by atoms with Crippen LogP contribution < -0.4 is 10.9 Å². The van der Waals surface area contributed by atoms with Crippen molar-refractivity contribution in [3.8, 4) is 0 Å². The number of carbonyl (C=O) groups is 2. The highest BCUT2D eigenvalue weighted by Crippen LogP contribution is 2.40. The van der Waals surface area contributed by atoms with Crippen LogP contribution in [0.5, 0.6) is 0 Å². The van der Waals surface area contributed by atoms with Crippen LogP contribution in [-0.2, 0) is 27.2 Å². The van der Waals surface area contributed by atoms with Gasteiger partial charge in [0.15, 0.2) is 0 Å². The van der Waals surface area contributed by atoms with E-state index in [9.17, 15) is 22.8 Å². The molecule has 3 rings (SSSR count). The summed E-state index contributed by atoms with van der Waals surface area (Å²) in [7, 11) is 0. The average Bonchev–Trinajstić information content (AvgIpc) is 2.81. The average molecular weight is 480 g/mol. The topological polar surface area (TPSA) is 96.5 Å². The van der Waals surface area contributed by atoms with E-state index in [1.165, 1.54) is 0 Å². The second-order valence-corrected chi connectivity index (χ2v) is 9.05. The van der Waals surface area contributed by atoms with Gasteiger partial charge < -0.3 is 0 Å². The number of amides is 2. The molecule has 0 radical (unpaired) electrons. The van der Waals surface area contributed by atoms with Crippen LogP contribution in [0, 0.1) is 11.3 Å². The van der Waals surface area contributed by atoms with Gasteiger partial charge in [0, 0.05) is 6.20 Å². The number of nitrogens with one attached hydrogen (secondary N) is 2. The lowest BCUT2D eigenvalue weighted by atomic mass is 9.71. The lowest BCUT2D eigenvalue weighted by Gasteiger charge is -2.39. The maximum absolute atomic E-state index is 13.1. The van der Waals surface area contributed by atoms with Crippen molar-refractivity contribution < 1.29 is 27.6 Å². The van der Waals surface area contributed by atoms with Crippen molar-refractivity contribution in [1.82, 2.24) is 20.5 Å². The molecule has 1 heterocycles. The molecular formula is C23H28F3N5O3. The highest BCUT2D eigenvalue weighted by molar-refractivity contribution is 5.84. The molecule has 0 bridgehead atoms. The van der Waals surface area contributed by atoms with Crippen LogP contribution in [0.15, 0.2) is 42.6 Å². The first-order chi connectivity index (χ1) is 16.1. The van der Waals surface area contributed by atoms with Crippen molar-refractivity contribution in [2.45, 2.75) is 58.4 Å². The summed E-state index contributed by atoms with van der Waals surface area (Å²) in [4.78, 5) is 37.8. The Balaban J connectivity index is 1.74. The van der Waals surface area contributed by atoms with Crippen LogP contribution >= 0.6 is 0 Å². The van der Waals surface area contributed by atoms with E-state index in [4.69, 9.17) is 4.84 Å². The molecule has 1 saturated carbocycles. The number of aromatic nitrogens is 2. The molecule has 184 valence electrons. The standard InChI is InChI=1S/C23H28F3N5O3/c1-22(2)11-8-17(9-12-22)19(31(15-32)34-14-16-6-4-3-5-7-16)20(33)29-30-21-27-13-10-18(28-21)23(24,25)26/h3-7,10,13,15,17,19H,8-9,11-12,14H2,1-2H3,(H,29,33)(H,27,28,30). The summed E-state index contributed by atoms with van der Waals surface area (Å²) in [6.45, 7) is 4.37. The van der Waals surface area contributed by atoms with Gasteiger partial charge in [-0.05, 0) is 48.6 Å². The fourth-order valence-corrected chi connectivity index (χ4v) is 3.94. The van der Waals surface area contributed by atoms with Crippen molar-refractivity contribution in [3.05, 3.63) is 53.9 Å². The molecule has 11 heteroatoms. The Bertz CT molecular complexity index is 962. The number of carbonyl (C=O) groups excluding carboxylic acids is 2. The number of hydroxylamine groups is 2. The summed E-state index contributed by atoms with van der Waals surface area (Å²) >= 11 is 0. The number of benzene rings is 1. The van der Waals surface area contributed by atoms with Gasteiger partial charge in [-0.25, -0.2) is 15.0 Å². The second-order valence-electron chi connectivity index (χ2n) is 9.05. The lowest BCUT2D eigenvalue weighted by molar-refractivity contribution is -0.203. The van der Waals surface area contributed by atoms with Gasteiger partial charge in [0.1, 0.15) is 18.3 Å². The molecule has 0 saturated heterocycles. The molecule has 0 aliphatic heterocycles. The van der Waals surface area contributed by atoms with E-state index in [0.717, 1.165) is 35.7 Å². The summed E-state index contributed by atoms with van der Waals surface area (Å²) in [6.07, 6.45) is -0.178. The van der Waals surface area contributed by atoms with E-state index in [0.29, 0.717) is 19.3 Å². The van der Waals surface area contributed by atoms with Crippen LogP contribution in [0.1, 0.15) is 50.8 Å². The zero-order chi connectivity index (χ0) is 24.8. The Morgan fingerprint density at radius 3 is 2.53 bits per heavy atom. The van der Waals surface area contributed by atoms with Crippen LogP contribution in [0.3, 0.4) is 0 Å². The van der Waals surface area contributed by atoms with Gasteiger partial charge in [-0.3, -0.25) is 25.3 Å². The lowest BCUT2D eigenvalue weighted by Crippen LogP contribution is -2.52. The third-order valence-electron chi connectivity index (χ3n) is 5.94. The first-order valence-corrected chi connectivity index (χ1v) is 11.0. The van der Waals surface area contributed by atoms with E-state index >= 15 is 0 Å². The maximum atomic E-state index is 13.1. The number of hydrogen-bond acceptors (Lipinski definition) is 6. The molecule has 1 aliphatic carbocycles. The van der Waals surface area contributed by atoms with Crippen molar-refractivity contribution in [2.24, 2.45) is 11.3 Å². The van der Waals surface area contributed by atoms with Crippen LogP contribution in [0.2, 0.25) is 0 Å². The summed E-state index contributed by atoms with van der Waals surface area (Å²) < 4.78 is 38.7. The molecule has 0 spiro atoms. The zero-order valence-electron chi connectivity index (χ0n) is 19.0. The Morgan fingerprint density at radius 2 is 1.91 bits per heavy atom. The predicted octanol–water partition coefficient (Wildman–Crippen LogP) is 4.11. The smallest absolute Gasteiger partial charge is 0.276 e. The molecule has 2 aromatic rings. The fraction of sp³-hybridized carbons (Fsp3) is 0.478. The normalized spacial score (nSPS) is 17.0. The Kier molecular flexibility index (Phi) is 8.08. The number of anilines is 1. The van der Waals surface area contributed by atoms with Gasteiger partial charge in [0.05, 0.1) is 0 Å². The molecular weight excluding hydrogens is 451 g/mol. The molecule has 1 aromatic heterocycles. The molecule has 34 heavy (non-hydrogen) atoms. The highest BCUT2D eigenvalue weighted by Gasteiger charge is 2.39. The number of rotatable bonds is 9. The minimum Gasteiger partial charge on any atom is -0.276 e. The zero-order valence-corrected chi connectivity index (χ0v) is 19.0. The molecule has 1 fully saturated rings. The van der Waals surface area contributed by atoms with Gasteiger partial charge in [0.25, 0.3) is 5.91 Å². The predicted molar refractivity (Wildman–Crippen MR) is 117 cm³/mol. The molecule has 1 atom stereocenters. The summed E-state index contributed by atoms with van der Waals surface area (Å²) in [5.41, 5.74) is 4.46. The van der Waals surface area contributed by atoms with Gasteiger partial charge >= 0.3 is 6.18 Å². The van der Waals surface area contributed by atoms with Crippen LogP contribution in [0.4, 0.5) is 19.1 Å². The van der Waals surface area contributed by atoms with Gasteiger partial charge in [-0.2, -0.15) is 13.2 Å². The third kappa shape index (κ3) is 6.89. The van der Waals surface area contributed by atoms with Gasteiger partial charge in [-0.15, -0.1) is 0 Å². The first kappa shape index (κ1) is 25.4. The Labute approximate surface area is 195 Å². The number of nitrogens with zero attached hydrogens (tertiary/aromatic N) is 3. The van der Waals surface area contributed by atoms with Crippen molar-refractivity contribution in [2.75, 3.05) is 5.43 Å². The van der Waals surface area contributed by atoms with E-state index in [-0.39, 0.29) is 17.9 Å². The monoisotopic (exact) mass is 479 g/mol. The maximum Gasteiger partial charge on any atom is 0.433 e. The molecule has 1 unspecified atom stereocenters. The second kappa shape index (κ2) is 10.8. The van der Waals surface area contributed by atoms with Crippen molar-refractivity contribution in [3.63, 3.8) is 0 Å². The van der Waals surface area contributed by atoms with Crippen LogP contribution in [0.25, 0.3) is 0 Å². The number of hydrogen-bond donors (Lipinski definition) is 2. The van der Waals surface area contributed by atoms with Crippen molar-refractivity contribution in [1.29, 1.82) is 0 Å². The summed E-state index contributed by atoms with van der Waals surface area (Å²) in [6, 6.07) is 8.90. The molecule has 1 aliphatic rings. The third-order valence-corrected chi connectivity index (χ3v) is 5.94. The molecule has 2 amide bonds. The quantitative estimate of drug-likeness (QED) is 0.415. The summed E-state index contributed by atoms with van der Waals surface area (Å²) in [5, 5.41) is 0.986. The van der Waals surface area contributed by atoms with E-state index in [1.54, 1.807) is 0 Å².